The fourth-order valence-electron chi connectivity index (χ4n) is 2.76. The number of anilines is 1. The van der Waals surface area contributed by atoms with Gasteiger partial charge in [-0.15, -0.1) is 0 Å². The molecule has 2 amide bonds. The largest absolute Gasteiger partial charge is 0.465 e. The SMILES string of the molecule is CN(Cc1ccccc1)C(=O)c1ccccc1NC(=S)NC(=O)C=Cc1ccco1. The van der Waals surface area contributed by atoms with Gasteiger partial charge in [-0.3, -0.25) is 14.9 Å². The topological polar surface area (TPSA) is 74.6 Å². The molecule has 0 radical (unpaired) electrons. The Kier molecular flexibility index (Phi) is 7.13. The predicted molar refractivity (Wildman–Crippen MR) is 121 cm³/mol. The summed E-state index contributed by atoms with van der Waals surface area (Å²) in [5, 5.41) is 5.58. The molecule has 0 aliphatic heterocycles. The van der Waals surface area contributed by atoms with Crippen LogP contribution in [0.15, 0.2) is 83.5 Å². The third kappa shape index (κ3) is 5.89. The van der Waals surface area contributed by atoms with Crippen LogP contribution in [0.5, 0.6) is 0 Å². The lowest BCUT2D eigenvalue weighted by Gasteiger charge is -2.20. The number of nitrogens with zero attached hydrogens (tertiary/aromatic N) is 1. The second-order valence-electron chi connectivity index (χ2n) is 6.48. The Morgan fingerprint density at radius 1 is 1.03 bits per heavy atom. The molecule has 0 bridgehead atoms. The molecule has 1 heterocycles. The van der Waals surface area contributed by atoms with E-state index in [1.54, 1.807) is 48.3 Å². The minimum absolute atomic E-state index is 0.0926. The number of nitrogens with one attached hydrogen (secondary N) is 2. The number of para-hydroxylation sites is 1. The van der Waals surface area contributed by atoms with E-state index in [-0.39, 0.29) is 11.0 Å². The summed E-state index contributed by atoms with van der Waals surface area (Å²) in [7, 11) is 1.74. The van der Waals surface area contributed by atoms with E-state index in [4.69, 9.17) is 16.6 Å². The van der Waals surface area contributed by atoms with Crippen LogP contribution < -0.4 is 10.6 Å². The Labute approximate surface area is 180 Å². The van der Waals surface area contributed by atoms with Gasteiger partial charge in [0.2, 0.25) is 5.91 Å². The van der Waals surface area contributed by atoms with E-state index < -0.39 is 5.91 Å². The molecule has 2 N–H and O–H groups in total. The Bertz CT molecular complexity index is 1050. The van der Waals surface area contributed by atoms with E-state index in [0.717, 1.165) is 5.56 Å². The monoisotopic (exact) mass is 419 g/mol. The summed E-state index contributed by atoms with van der Waals surface area (Å²) in [4.78, 5) is 26.6. The average molecular weight is 420 g/mol. The molecule has 1 aromatic heterocycles. The second-order valence-corrected chi connectivity index (χ2v) is 6.89. The molecule has 0 saturated carbocycles. The first-order chi connectivity index (χ1) is 14.5. The summed E-state index contributed by atoms with van der Waals surface area (Å²) in [5.74, 6) is -0.0101. The average Bonchev–Trinajstić information content (AvgIpc) is 3.26. The molecule has 30 heavy (non-hydrogen) atoms. The molecule has 3 rings (SSSR count). The third-order valence-electron chi connectivity index (χ3n) is 4.19. The van der Waals surface area contributed by atoms with E-state index in [2.05, 4.69) is 10.6 Å². The van der Waals surface area contributed by atoms with Crippen LogP contribution in [0.2, 0.25) is 0 Å². The van der Waals surface area contributed by atoms with Crippen molar-refractivity contribution in [1.29, 1.82) is 0 Å². The molecule has 0 aliphatic carbocycles. The zero-order valence-corrected chi connectivity index (χ0v) is 17.2. The van der Waals surface area contributed by atoms with Crippen LogP contribution in [0, 0.1) is 0 Å². The number of carbonyl (C=O) groups is 2. The third-order valence-corrected chi connectivity index (χ3v) is 4.40. The minimum atomic E-state index is -0.408. The maximum atomic E-state index is 12.9. The van der Waals surface area contributed by atoms with Crippen molar-refractivity contribution < 1.29 is 14.0 Å². The zero-order valence-electron chi connectivity index (χ0n) is 16.4. The predicted octanol–water partition coefficient (Wildman–Crippen LogP) is 4.08. The Hall–Kier alpha value is -3.71. The van der Waals surface area contributed by atoms with Crippen molar-refractivity contribution >= 4 is 40.9 Å². The quantitative estimate of drug-likeness (QED) is 0.465. The van der Waals surface area contributed by atoms with E-state index >= 15 is 0 Å². The highest BCUT2D eigenvalue weighted by atomic mass is 32.1. The van der Waals surface area contributed by atoms with Gasteiger partial charge in [-0.2, -0.15) is 0 Å². The maximum Gasteiger partial charge on any atom is 0.256 e. The van der Waals surface area contributed by atoms with Crippen LogP contribution in [0.4, 0.5) is 5.69 Å². The standard InChI is InChI=1S/C23H21N3O3S/c1-26(16-17-8-3-2-4-9-17)22(28)19-11-5-6-12-20(19)24-23(30)25-21(27)14-13-18-10-7-15-29-18/h2-15H,16H2,1H3,(H2,24,25,27,30). The number of amides is 2. The van der Waals surface area contributed by atoms with Gasteiger partial charge < -0.3 is 14.6 Å². The van der Waals surface area contributed by atoms with Crippen LogP contribution in [-0.4, -0.2) is 28.9 Å². The first-order valence-electron chi connectivity index (χ1n) is 9.25. The van der Waals surface area contributed by atoms with Crippen molar-refractivity contribution in [1.82, 2.24) is 10.2 Å². The number of hydrogen-bond donors (Lipinski definition) is 2. The number of hydrogen-bond acceptors (Lipinski definition) is 4. The lowest BCUT2D eigenvalue weighted by atomic mass is 10.1. The molecular formula is C23H21N3O3S. The molecule has 7 heteroatoms. The van der Waals surface area contributed by atoms with Crippen LogP contribution in [0.1, 0.15) is 21.7 Å². The molecule has 3 aromatic rings. The van der Waals surface area contributed by atoms with Crippen LogP contribution in [0.3, 0.4) is 0 Å². The summed E-state index contributed by atoms with van der Waals surface area (Å²) in [6.07, 6.45) is 4.37. The summed E-state index contributed by atoms with van der Waals surface area (Å²) in [6, 6.07) is 20.2. The molecule has 0 aliphatic rings. The van der Waals surface area contributed by atoms with E-state index in [1.807, 2.05) is 30.3 Å². The Balaban J connectivity index is 1.63. The fraction of sp³-hybridized carbons (Fsp3) is 0.0870. The van der Waals surface area contributed by atoms with Crippen molar-refractivity contribution in [2.75, 3.05) is 12.4 Å². The number of benzene rings is 2. The van der Waals surface area contributed by atoms with Gasteiger partial charge in [0.05, 0.1) is 17.5 Å². The van der Waals surface area contributed by atoms with E-state index in [9.17, 15) is 9.59 Å². The van der Waals surface area contributed by atoms with Crippen molar-refractivity contribution in [2.24, 2.45) is 0 Å². The first kappa shape index (κ1) is 21.0. The molecule has 0 spiro atoms. The van der Waals surface area contributed by atoms with Gasteiger partial charge in [0.15, 0.2) is 5.11 Å². The lowest BCUT2D eigenvalue weighted by molar-refractivity contribution is -0.115. The molecular weight excluding hydrogens is 398 g/mol. The van der Waals surface area contributed by atoms with Gasteiger partial charge in [-0.25, -0.2) is 0 Å². The summed E-state index contributed by atoms with van der Waals surface area (Å²) in [6.45, 7) is 0.479. The van der Waals surface area contributed by atoms with Crippen molar-refractivity contribution in [2.45, 2.75) is 6.54 Å². The summed E-state index contributed by atoms with van der Waals surface area (Å²) >= 11 is 5.22. The normalized spacial score (nSPS) is 10.6. The molecule has 0 saturated heterocycles. The molecule has 0 unspecified atom stereocenters. The number of thiocarbonyl (C=S) groups is 1. The van der Waals surface area contributed by atoms with Crippen molar-refractivity contribution in [3.05, 3.63) is 96.0 Å². The highest BCUT2D eigenvalue weighted by molar-refractivity contribution is 7.80. The van der Waals surface area contributed by atoms with Crippen LogP contribution >= 0.6 is 12.2 Å². The van der Waals surface area contributed by atoms with Crippen LogP contribution in [0.25, 0.3) is 6.08 Å². The molecule has 0 fully saturated rings. The van der Waals surface area contributed by atoms with Crippen LogP contribution in [-0.2, 0) is 11.3 Å². The second kappa shape index (κ2) is 10.2. The minimum Gasteiger partial charge on any atom is -0.465 e. The Morgan fingerprint density at radius 3 is 2.50 bits per heavy atom. The van der Waals surface area contributed by atoms with Gasteiger partial charge >= 0.3 is 0 Å². The van der Waals surface area contributed by atoms with E-state index in [0.29, 0.717) is 23.6 Å². The Morgan fingerprint density at radius 2 is 1.77 bits per heavy atom. The molecule has 2 aromatic carbocycles. The maximum absolute atomic E-state index is 12.9. The van der Waals surface area contributed by atoms with Gasteiger partial charge in [0.25, 0.3) is 5.91 Å². The van der Waals surface area contributed by atoms with E-state index in [1.165, 1.54) is 18.4 Å². The van der Waals surface area contributed by atoms with Gasteiger partial charge in [-0.05, 0) is 48.1 Å². The lowest BCUT2D eigenvalue weighted by Crippen LogP contribution is -2.34. The highest BCUT2D eigenvalue weighted by Crippen LogP contribution is 2.18. The van der Waals surface area contributed by atoms with Crippen molar-refractivity contribution in [3.8, 4) is 0 Å². The van der Waals surface area contributed by atoms with Gasteiger partial charge in [0, 0.05) is 19.7 Å². The fourth-order valence-corrected chi connectivity index (χ4v) is 2.97. The number of furan rings is 1. The highest BCUT2D eigenvalue weighted by Gasteiger charge is 2.16. The van der Waals surface area contributed by atoms with Gasteiger partial charge in [-0.1, -0.05) is 42.5 Å². The number of carbonyl (C=O) groups excluding carboxylic acids is 2. The molecule has 152 valence electrons. The summed E-state index contributed by atoms with van der Waals surface area (Å²) < 4.78 is 5.13. The molecule has 0 atom stereocenters. The van der Waals surface area contributed by atoms with Crippen molar-refractivity contribution in [3.63, 3.8) is 0 Å². The smallest absolute Gasteiger partial charge is 0.256 e. The zero-order chi connectivity index (χ0) is 21.3. The number of rotatable bonds is 6. The van der Waals surface area contributed by atoms with Gasteiger partial charge in [0.1, 0.15) is 5.76 Å². The first-order valence-corrected chi connectivity index (χ1v) is 9.66. The summed E-state index contributed by atoms with van der Waals surface area (Å²) in [5.41, 5.74) is 2.01. The molecule has 6 nitrogen and oxygen atoms in total.